The van der Waals surface area contributed by atoms with Gasteiger partial charge in [0.05, 0.1) is 0 Å². The number of aromatic nitrogens is 2. The van der Waals surface area contributed by atoms with Gasteiger partial charge >= 0.3 is 0 Å². The minimum atomic E-state index is -0.405. The third-order valence-electron chi connectivity index (χ3n) is 4.51. The molecule has 0 unspecified atom stereocenters. The number of aryl methyl sites for hydroxylation is 2. The normalized spacial score (nSPS) is 13.2. The Bertz CT molecular complexity index is 1000. The number of rotatable bonds is 3. The molecular weight excluding hydrogens is 343 g/mol. The van der Waals surface area contributed by atoms with Gasteiger partial charge in [-0.05, 0) is 55.7 Å². The molecule has 1 aromatic heterocycles. The third kappa shape index (κ3) is 3.65. The van der Waals surface area contributed by atoms with E-state index in [-0.39, 0.29) is 5.69 Å². The Balaban J connectivity index is 1.65. The number of anilines is 3. The lowest BCUT2D eigenvalue weighted by Gasteiger charge is -2.29. The van der Waals surface area contributed by atoms with E-state index in [4.69, 9.17) is 0 Å². The molecule has 136 valence electrons. The Morgan fingerprint density at radius 2 is 1.96 bits per heavy atom. The Kier molecular flexibility index (Phi) is 4.54. The van der Waals surface area contributed by atoms with Crippen LogP contribution in [0.5, 0.6) is 0 Å². The van der Waals surface area contributed by atoms with Crippen LogP contribution in [0, 0.1) is 12.7 Å². The van der Waals surface area contributed by atoms with Crippen LogP contribution in [-0.2, 0) is 6.42 Å². The average Bonchev–Trinajstić information content (AvgIpc) is 2.67. The maximum atomic E-state index is 13.3. The molecular formula is C21H19FN4O. The standard InChI is InChI=1S/C21H19FN4O/c1-14-12-18(20(27)24-17-9-4-8-16(22)13-17)25-21(23-14)26-11-5-7-15-6-2-3-10-19(15)26/h2-4,6,8-10,12-13H,5,7,11H2,1H3,(H,24,27). The molecule has 0 aliphatic carbocycles. The SMILES string of the molecule is Cc1cc(C(=O)Nc2cccc(F)c2)nc(N2CCCc3ccccc32)n1. The van der Waals surface area contributed by atoms with Gasteiger partial charge in [-0.25, -0.2) is 14.4 Å². The van der Waals surface area contributed by atoms with Crippen molar-refractivity contribution in [3.05, 3.63) is 77.4 Å². The van der Waals surface area contributed by atoms with Crippen LogP contribution >= 0.6 is 0 Å². The molecule has 3 aromatic rings. The number of nitrogens with zero attached hydrogens (tertiary/aromatic N) is 3. The summed E-state index contributed by atoms with van der Waals surface area (Å²) in [4.78, 5) is 23.7. The summed E-state index contributed by atoms with van der Waals surface area (Å²) < 4.78 is 13.3. The summed E-state index contributed by atoms with van der Waals surface area (Å²) in [6.07, 6.45) is 2.02. The van der Waals surface area contributed by atoms with Crippen LogP contribution in [0.25, 0.3) is 0 Å². The topological polar surface area (TPSA) is 58.1 Å². The number of carbonyl (C=O) groups excluding carboxylic acids is 1. The first kappa shape index (κ1) is 17.1. The molecule has 0 saturated carbocycles. The van der Waals surface area contributed by atoms with Gasteiger partial charge in [-0.1, -0.05) is 24.3 Å². The first-order chi connectivity index (χ1) is 13.1. The van der Waals surface area contributed by atoms with Crippen molar-refractivity contribution in [1.82, 2.24) is 9.97 Å². The highest BCUT2D eigenvalue weighted by atomic mass is 19.1. The monoisotopic (exact) mass is 362 g/mol. The number of halogens is 1. The second kappa shape index (κ2) is 7.15. The number of benzene rings is 2. The zero-order chi connectivity index (χ0) is 18.8. The summed E-state index contributed by atoms with van der Waals surface area (Å²) in [5.74, 6) is -0.290. The van der Waals surface area contributed by atoms with E-state index in [1.807, 2.05) is 30.0 Å². The van der Waals surface area contributed by atoms with E-state index in [1.165, 1.54) is 17.7 Å². The molecule has 1 aliphatic rings. The maximum absolute atomic E-state index is 13.3. The Morgan fingerprint density at radius 1 is 1.11 bits per heavy atom. The summed E-state index contributed by atoms with van der Waals surface area (Å²) in [5, 5.41) is 2.69. The quantitative estimate of drug-likeness (QED) is 0.756. The molecule has 0 radical (unpaired) electrons. The molecule has 6 heteroatoms. The van der Waals surface area contributed by atoms with Crippen molar-refractivity contribution in [2.45, 2.75) is 19.8 Å². The zero-order valence-corrected chi connectivity index (χ0v) is 14.9. The van der Waals surface area contributed by atoms with E-state index in [2.05, 4.69) is 21.4 Å². The lowest BCUT2D eigenvalue weighted by molar-refractivity contribution is 0.102. The van der Waals surface area contributed by atoms with Gasteiger partial charge in [-0.2, -0.15) is 0 Å². The van der Waals surface area contributed by atoms with Crippen LogP contribution in [-0.4, -0.2) is 22.4 Å². The molecule has 2 aromatic carbocycles. The first-order valence-electron chi connectivity index (χ1n) is 8.88. The fraction of sp³-hybridized carbons (Fsp3) is 0.190. The summed E-state index contributed by atoms with van der Waals surface area (Å²) in [7, 11) is 0. The van der Waals surface area contributed by atoms with Crippen LogP contribution in [0.1, 0.15) is 28.2 Å². The van der Waals surface area contributed by atoms with Gasteiger partial charge in [0.15, 0.2) is 0 Å². The number of carbonyl (C=O) groups is 1. The second-order valence-corrected chi connectivity index (χ2v) is 6.54. The third-order valence-corrected chi connectivity index (χ3v) is 4.51. The van der Waals surface area contributed by atoms with Crippen LogP contribution in [0.3, 0.4) is 0 Å². The molecule has 1 aliphatic heterocycles. The van der Waals surface area contributed by atoms with Gasteiger partial charge in [-0.3, -0.25) is 4.79 Å². The minimum Gasteiger partial charge on any atom is -0.321 e. The molecule has 27 heavy (non-hydrogen) atoms. The fourth-order valence-corrected chi connectivity index (χ4v) is 3.29. The highest BCUT2D eigenvalue weighted by Gasteiger charge is 2.21. The van der Waals surface area contributed by atoms with Crippen LogP contribution in [0.4, 0.5) is 21.7 Å². The minimum absolute atomic E-state index is 0.254. The smallest absolute Gasteiger partial charge is 0.274 e. The highest BCUT2D eigenvalue weighted by molar-refractivity contribution is 6.03. The predicted octanol–water partition coefficient (Wildman–Crippen LogP) is 4.26. The van der Waals surface area contributed by atoms with Gasteiger partial charge in [-0.15, -0.1) is 0 Å². The molecule has 1 N–H and O–H groups in total. The summed E-state index contributed by atoms with van der Waals surface area (Å²) >= 11 is 0. The molecule has 0 atom stereocenters. The van der Waals surface area contributed by atoms with Crippen molar-refractivity contribution in [2.24, 2.45) is 0 Å². The molecule has 0 saturated heterocycles. The Morgan fingerprint density at radius 3 is 2.81 bits per heavy atom. The van der Waals surface area contributed by atoms with E-state index in [1.54, 1.807) is 18.2 Å². The lowest BCUT2D eigenvalue weighted by Crippen LogP contribution is -2.27. The van der Waals surface area contributed by atoms with Crippen molar-refractivity contribution >= 4 is 23.2 Å². The molecule has 5 nitrogen and oxygen atoms in total. The summed E-state index contributed by atoms with van der Waals surface area (Å²) in [6.45, 7) is 2.63. The summed E-state index contributed by atoms with van der Waals surface area (Å²) in [5.41, 5.74) is 3.67. The largest absolute Gasteiger partial charge is 0.321 e. The molecule has 1 amide bonds. The molecule has 0 fully saturated rings. The second-order valence-electron chi connectivity index (χ2n) is 6.54. The maximum Gasteiger partial charge on any atom is 0.274 e. The van der Waals surface area contributed by atoms with E-state index >= 15 is 0 Å². The molecule has 4 rings (SSSR count). The average molecular weight is 362 g/mol. The molecule has 2 heterocycles. The van der Waals surface area contributed by atoms with Gasteiger partial charge in [0, 0.05) is 23.6 Å². The van der Waals surface area contributed by atoms with E-state index < -0.39 is 11.7 Å². The van der Waals surface area contributed by atoms with Crippen molar-refractivity contribution in [3.63, 3.8) is 0 Å². The van der Waals surface area contributed by atoms with Gasteiger partial charge in [0.1, 0.15) is 11.5 Å². The van der Waals surface area contributed by atoms with Crippen LogP contribution in [0.2, 0.25) is 0 Å². The van der Waals surface area contributed by atoms with E-state index in [0.717, 1.165) is 25.1 Å². The summed E-state index contributed by atoms with van der Waals surface area (Å²) in [6, 6.07) is 15.6. The predicted molar refractivity (Wildman–Crippen MR) is 103 cm³/mol. The van der Waals surface area contributed by atoms with Gasteiger partial charge < -0.3 is 10.2 Å². The van der Waals surface area contributed by atoms with Crippen molar-refractivity contribution in [2.75, 3.05) is 16.8 Å². The van der Waals surface area contributed by atoms with Crippen LogP contribution in [0.15, 0.2) is 54.6 Å². The van der Waals surface area contributed by atoms with E-state index in [0.29, 0.717) is 17.3 Å². The van der Waals surface area contributed by atoms with E-state index in [9.17, 15) is 9.18 Å². The molecule has 0 bridgehead atoms. The zero-order valence-electron chi connectivity index (χ0n) is 14.9. The Labute approximate surface area is 156 Å². The first-order valence-corrected chi connectivity index (χ1v) is 8.88. The number of para-hydroxylation sites is 1. The van der Waals surface area contributed by atoms with Crippen molar-refractivity contribution in [1.29, 1.82) is 0 Å². The number of amides is 1. The number of hydrogen-bond acceptors (Lipinski definition) is 4. The number of fused-ring (bicyclic) bond motifs is 1. The fourth-order valence-electron chi connectivity index (χ4n) is 3.29. The molecule has 0 spiro atoms. The highest BCUT2D eigenvalue weighted by Crippen LogP contribution is 2.31. The van der Waals surface area contributed by atoms with Gasteiger partial charge in [0.25, 0.3) is 5.91 Å². The number of nitrogens with one attached hydrogen (secondary N) is 1. The van der Waals surface area contributed by atoms with Crippen LogP contribution < -0.4 is 10.2 Å². The van der Waals surface area contributed by atoms with Crippen molar-refractivity contribution in [3.8, 4) is 0 Å². The number of hydrogen-bond donors (Lipinski definition) is 1. The lowest BCUT2D eigenvalue weighted by atomic mass is 10.0. The van der Waals surface area contributed by atoms with Crippen molar-refractivity contribution < 1.29 is 9.18 Å². The van der Waals surface area contributed by atoms with Gasteiger partial charge in [0.2, 0.25) is 5.95 Å². The Hall–Kier alpha value is -3.28.